The molecule has 0 aromatic carbocycles. The lowest BCUT2D eigenvalue weighted by Crippen LogP contribution is -2.42. The lowest BCUT2D eigenvalue weighted by atomic mass is 10.2. The molecule has 88 valence electrons. The highest BCUT2D eigenvalue weighted by atomic mass is 15.2. The lowest BCUT2D eigenvalue weighted by Gasteiger charge is -2.24. The predicted molar refractivity (Wildman–Crippen MR) is 64.2 cm³/mol. The Balaban J connectivity index is 1.68. The number of likely N-dealkylation sites (tertiary alicyclic amines) is 2. The van der Waals surface area contributed by atoms with E-state index in [9.17, 15) is 0 Å². The van der Waals surface area contributed by atoms with Crippen LogP contribution >= 0.6 is 0 Å². The first-order valence-corrected chi connectivity index (χ1v) is 6.45. The Morgan fingerprint density at radius 2 is 2.13 bits per heavy atom. The zero-order valence-electron chi connectivity index (χ0n) is 10.2. The van der Waals surface area contributed by atoms with E-state index in [0.717, 1.165) is 12.1 Å². The highest BCUT2D eigenvalue weighted by molar-refractivity contribution is 4.84. The summed E-state index contributed by atoms with van der Waals surface area (Å²) < 4.78 is 0. The van der Waals surface area contributed by atoms with Crippen molar-refractivity contribution in [3.05, 3.63) is 0 Å². The number of hydrogen-bond donors (Lipinski definition) is 1. The van der Waals surface area contributed by atoms with Crippen molar-refractivity contribution in [2.45, 2.75) is 38.3 Å². The Morgan fingerprint density at radius 3 is 2.80 bits per heavy atom. The molecule has 0 aromatic rings. The molecule has 0 aliphatic carbocycles. The summed E-state index contributed by atoms with van der Waals surface area (Å²) in [6.07, 6.45) is 4.11. The van der Waals surface area contributed by atoms with Gasteiger partial charge in [-0.15, -0.1) is 0 Å². The van der Waals surface area contributed by atoms with Crippen LogP contribution in [0.1, 0.15) is 26.2 Å². The van der Waals surface area contributed by atoms with Gasteiger partial charge in [0.2, 0.25) is 0 Å². The van der Waals surface area contributed by atoms with Crippen LogP contribution in [0, 0.1) is 0 Å². The maximum absolute atomic E-state index is 3.73. The van der Waals surface area contributed by atoms with E-state index in [2.05, 4.69) is 29.1 Å². The average Bonchev–Trinajstić information content (AvgIpc) is 2.83. The van der Waals surface area contributed by atoms with E-state index >= 15 is 0 Å². The van der Waals surface area contributed by atoms with Crippen molar-refractivity contribution < 1.29 is 0 Å². The van der Waals surface area contributed by atoms with Gasteiger partial charge in [-0.1, -0.05) is 6.92 Å². The van der Waals surface area contributed by atoms with Crippen LogP contribution in [-0.4, -0.2) is 61.7 Å². The van der Waals surface area contributed by atoms with Crippen LogP contribution in [0.25, 0.3) is 0 Å². The topological polar surface area (TPSA) is 18.5 Å². The summed E-state index contributed by atoms with van der Waals surface area (Å²) in [7, 11) is 2.22. The molecule has 2 aliphatic rings. The van der Waals surface area contributed by atoms with E-state index in [4.69, 9.17) is 0 Å². The molecule has 2 rings (SSSR count). The quantitative estimate of drug-likeness (QED) is 0.741. The molecule has 2 heterocycles. The molecule has 2 atom stereocenters. The van der Waals surface area contributed by atoms with Gasteiger partial charge in [0.15, 0.2) is 0 Å². The normalized spacial score (nSPS) is 34.0. The van der Waals surface area contributed by atoms with Crippen LogP contribution in [-0.2, 0) is 0 Å². The maximum atomic E-state index is 3.73. The minimum Gasteiger partial charge on any atom is -0.311 e. The van der Waals surface area contributed by atoms with Crippen molar-refractivity contribution in [2.24, 2.45) is 0 Å². The zero-order valence-corrected chi connectivity index (χ0v) is 10.2. The Bertz CT molecular complexity index is 195. The predicted octanol–water partition coefficient (Wildman–Crippen LogP) is 0.764. The van der Waals surface area contributed by atoms with Crippen molar-refractivity contribution in [1.29, 1.82) is 0 Å². The van der Waals surface area contributed by atoms with Gasteiger partial charge in [-0.2, -0.15) is 0 Å². The second-order valence-corrected chi connectivity index (χ2v) is 5.08. The molecule has 0 saturated carbocycles. The number of hydrogen-bond acceptors (Lipinski definition) is 3. The Hall–Kier alpha value is -0.120. The van der Waals surface area contributed by atoms with Crippen LogP contribution in [0.15, 0.2) is 0 Å². The smallest absolute Gasteiger partial charge is 0.0221 e. The molecule has 3 nitrogen and oxygen atoms in total. The number of nitrogens with zero attached hydrogens (tertiary/aromatic N) is 2. The molecular weight excluding hydrogens is 186 g/mol. The van der Waals surface area contributed by atoms with E-state index in [1.807, 2.05) is 0 Å². The van der Waals surface area contributed by atoms with E-state index in [-0.39, 0.29) is 0 Å². The van der Waals surface area contributed by atoms with Gasteiger partial charge < -0.3 is 10.2 Å². The minimum atomic E-state index is 0.745. The van der Waals surface area contributed by atoms with Gasteiger partial charge in [0.1, 0.15) is 0 Å². The second kappa shape index (κ2) is 5.28. The van der Waals surface area contributed by atoms with Gasteiger partial charge >= 0.3 is 0 Å². The van der Waals surface area contributed by atoms with Crippen molar-refractivity contribution in [3.8, 4) is 0 Å². The number of rotatable bonds is 4. The maximum Gasteiger partial charge on any atom is 0.0221 e. The second-order valence-electron chi connectivity index (χ2n) is 5.08. The van der Waals surface area contributed by atoms with Crippen LogP contribution < -0.4 is 5.32 Å². The molecule has 3 heteroatoms. The molecule has 0 bridgehead atoms. The highest BCUT2D eigenvalue weighted by Gasteiger charge is 2.25. The fourth-order valence-corrected chi connectivity index (χ4v) is 2.95. The van der Waals surface area contributed by atoms with Crippen LogP contribution in [0.3, 0.4) is 0 Å². The molecule has 2 unspecified atom stereocenters. The van der Waals surface area contributed by atoms with Crippen molar-refractivity contribution in [1.82, 2.24) is 15.1 Å². The summed E-state index contributed by atoms with van der Waals surface area (Å²) in [6, 6.07) is 1.55. The molecule has 0 radical (unpaired) electrons. The number of nitrogens with one attached hydrogen (secondary N) is 1. The van der Waals surface area contributed by atoms with E-state index in [1.54, 1.807) is 0 Å². The molecule has 2 saturated heterocycles. The fourth-order valence-electron chi connectivity index (χ4n) is 2.95. The van der Waals surface area contributed by atoms with Crippen LogP contribution in [0.2, 0.25) is 0 Å². The third kappa shape index (κ3) is 2.92. The van der Waals surface area contributed by atoms with Crippen molar-refractivity contribution in [2.75, 3.05) is 39.8 Å². The van der Waals surface area contributed by atoms with Crippen molar-refractivity contribution in [3.63, 3.8) is 0 Å². The Labute approximate surface area is 93.8 Å². The largest absolute Gasteiger partial charge is 0.311 e. The van der Waals surface area contributed by atoms with E-state index in [0.29, 0.717) is 0 Å². The highest BCUT2D eigenvalue weighted by Crippen LogP contribution is 2.16. The molecule has 2 aliphatic heterocycles. The van der Waals surface area contributed by atoms with Gasteiger partial charge in [-0.25, -0.2) is 0 Å². The van der Waals surface area contributed by atoms with Crippen LogP contribution in [0.4, 0.5) is 0 Å². The average molecular weight is 211 g/mol. The molecule has 15 heavy (non-hydrogen) atoms. The van der Waals surface area contributed by atoms with Gasteiger partial charge in [0.25, 0.3) is 0 Å². The molecular formula is C12H25N3. The summed E-state index contributed by atoms with van der Waals surface area (Å²) in [6.45, 7) is 8.51. The SMILES string of the molecule is CCN1CCCC1CNC1CCN(C)C1. The summed E-state index contributed by atoms with van der Waals surface area (Å²) in [5, 5.41) is 3.73. The molecule has 1 N–H and O–H groups in total. The van der Waals surface area contributed by atoms with Gasteiger partial charge in [0, 0.05) is 25.2 Å². The molecule has 0 aromatic heterocycles. The van der Waals surface area contributed by atoms with E-state index in [1.165, 1.54) is 52.0 Å². The molecule has 0 amide bonds. The lowest BCUT2D eigenvalue weighted by molar-refractivity contribution is 0.253. The van der Waals surface area contributed by atoms with Crippen molar-refractivity contribution >= 4 is 0 Å². The molecule has 2 fully saturated rings. The van der Waals surface area contributed by atoms with Gasteiger partial charge in [0.05, 0.1) is 0 Å². The fraction of sp³-hybridized carbons (Fsp3) is 1.00. The summed E-state index contributed by atoms with van der Waals surface area (Å²) in [4.78, 5) is 5.04. The summed E-state index contributed by atoms with van der Waals surface area (Å²) in [5.41, 5.74) is 0. The first-order chi connectivity index (χ1) is 7.29. The third-order valence-electron chi connectivity index (χ3n) is 3.94. The minimum absolute atomic E-state index is 0.745. The zero-order chi connectivity index (χ0) is 10.7. The molecule has 0 spiro atoms. The standard InChI is InChI=1S/C12H25N3/c1-3-15-7-4-5-12(15)9-13-11-6-8-14(2)10-11/h11-13H,3-10H2,1-2H3. The number of likely N-dealkylation sites (N-methyl/N-ethyl adjacent to an activating group) is 2. The van der Waals surface area contributed by atoms with Gasteiger partial charge in [-0.3, -0.25) is 4.90 Å². The van der Waals surface area contributed by atoms with Gasteiger partial charge in [-0.05, 0) is 45.9 Å². The monoisotopic (exact) mass is 211 g/mol. The first kappa shape index (κ1) is 11.4. The van der Waals surface area contributed by atoms with E-state index < -0.39 is 0 Å². The van der Waals surface area contributed by atoms with Crippen LogP contribution in [0.5, 0.6) is 0 Å². The third-order valence-corrected chi connectivity index (χ3v) is 3.94. The summed E-state index contributed by atoms with van der Waals surface area (Å²) >= 11 is 0. The first-order valence-electron chi connectivity index (χ1n) is 6.45. The Kier molecular flexibility index (Phi) is 4.00. The summed E-state index contributed by atoms with van der Waals surface area (Å²) in [5.74, 6) is 0. The Morgan fingerprint density at radius 1 is 1.27 bits per heavy atom.